The van der Waals surface area contributed by atoms with Gasteiger partial charge in [0.2, 0.25) is 11.8 Å². The van der Waals surface area contributed by atoms with Crippen LogP contribution in [0.15, 0.2) is 0 Å². The Morgan fingerprint density at radius 1 is 1.14 bits per heavy atom. The SMILES string of the molecule is CC1(C)[C@H](C(=O)O)N2C(=O)C[C@H]2S1(CO)C(=O)N1CCC[C@H]1C(=O)N1CCCC1. The van der Waals surface area contributed by atoms with Gasteiger partial charge in [0.15, 0.2) is 0 Å². The first kappa shape index (κ1) is 20.5. The summed E-state index contributed by atoms with van der Waals surface area (Å²) in [5, 5.41) is 19.4. The first-order chi connectivity index (χ1) is 13.7. The number of carboxylic acids is 1. The van der Waals surface area contributed by atoms with Gasteiger partial charge in [0.05, 0.1) is 17.7 Å². The van der Waals surface area contributed by atoms with Crippen LogP contribution >= 0.6 is 10.0 Å². The number of aliphatic hydroxyl groups is 1. The summed E-state index contributed by atoms with van der Waals surface area (Å²) in [6.07, 6.45) is 3.29. The molecule has 0 aromatic carbocycles. The van der Waals surface area contributed by atoms with E-state index in [9.17, 15) is 29.4 Å². The van der Waals surface area contributed by atoms with E-state index in [0.29, 0.717) is 32.5 Å². The molecule has 0 saturated carbocycles. The Bertz CT molecular complexity index is 767. The predicted molar refractivity (Wildman–Crippen MR) is 106 cm³/mol. The van der Waals surface area contributed by atoms with Crippen molar-refractivity contribution in [2.24, 2.45) is 0 Å². The maximum atomic E-state index is 13.9. The number of likely N-dealkylation sites (tertiary alicyclic amines) is 2. The number of aliphatic carboxylic acids is 1. The number of aliphatic hydroxyl groups excluding tert-OH is 1. The molecule has 0 aliphatic carbocycles. The normalized spacial score (nSPS) is 37.8. The molecule has 162 valence electrons. The van der Waals surface area contributed by atoms with Crippen molar-refractivity contribution in [1.82, 2.24) is 14.7 Å². The Hall–Kier alpha value is -1.81. The fourth-order valence-corrected chi connectivity index (χ4v) is 9.90. The first-order valence-corrected chi connectivity index (χ1v) is 12.1. The summed E-state index contributed by atoms with van der Waals surface area (Å²) in [6.45, 7) is 5.18. The molecular weight excluding hydrogens is 398 g/mol. The van der Waals surface area contributed by atoms with Crippen molar-refractivity contribution in [1.29, 1.82) is 0 Å². The molecule has 0 bridgehead atoms. The minimum atomic E-state index is -2.60. The van der Waals surface area contributed by atoms with Crippen molar-refractivity contribution >= 4 is 33.1 Å². The number of fused-ring (bicyclic) bond motifs is 1. The van der Waals surface area contributed by atoms with Crippen LogP contribution in [0.5, 0.6) is 0 Å². The van der Waals surface area contributed by atoms with Crippen molar-refractivity contribution < 1.29 is 29.4 Å². The molecule has 0 aromatic heterocycles. The third kappa shape index (κ3) is 2.57. The van der Waals surface area contributed by atoms with Crippen molar-refractivity contribution in [3.8, 4) is 0 Å². The van der Waals surface area contributed by atoms with Crippen LogP contribution in [-0.2, 0) is 14.4 Å². The maximum absolute atomic E-state index is 13.9. The molecule has 1 unspecified atom stereocenters. The highest BCUT2D eigenvalue weighted by Gasteiger charge is 2.72. The number of carbonyl (C=O) groups excluding carboxylic acids is 3. The van der Waals surface area contributed by atoms with E-state index in [-0.39, 0.29) is 23.5 Å². The van der Waals surface area contributed by atoms with E-state index in [1.807, 2.05) is 0 Å². The number of rotatable bonds is 3. The van der Waals surface area contributed by atoms with Gasteiger partial charge in [-0.1, -0.05) is 0 Å². The highest BCUT2D eigenvalue weighted by atomic mass is 32.3. The van der Waals surface area contributed by atoms with E-state index in [1.165, 1.54) is 4.90 Å². The molecule has 0 spiro atoms. The molecule has 10 heteroatoms. The summed E-state index contributed by atoms with van der Waals surface area (Å²) in [7, 11) is -2.60. The van der Waals surface area contributed by atoms with Crippen molar-refractivity contribution in [3.05, 3.63) is 0 Å². The highest BCUT2D eigenvalue weighted by molar-refractivity contribution is 8.46. The number of carboxylic acid groups (broad SMARTS) is 1. The number of carbonyl (C=O) groups is 4. The van der Waals surface area contributed by atoms with Gasteiger partial charge in [-0.2, -0.15) is 0 Å². The largest absolute Gasteiger partial charge is 0.480 e. The van der Waals surface area contributed by atoms with Gasteiger partial charge in [0, 0.05) is 24.4 Å². The van der Waals surface area contributed by atoms with Gasteiger partial charge < -0.3 is 24.9 Å². The molecular formula is C19H29N3O6S. The average molecular weight is 428 g/mol. The van der Waals surface area contributed by atoms with Crippen LogP contribution in [0.25, 0.3) is 0 Å². The number of amides is 3. The second-order valence-corrected chi connectivity index (χ2v) is 12.7. The van der Waals surface area contributed by atoms with Gasteiger partial charge >= 0.3 is 5.97 Å². The topological polar surface area (TPSA) is 118 Å². The average Bonchev–Trinajstić information content (AvgIpc) is 3.38. The van der Waals surface area contributed by atoms with E-state index in [0.717, 1.165) is 12.8 Å². The second-order valence-electron chi connectivity index (χ2n) is 8.88. The summed E-state index contributed by atoms with van der Waals surface area (Å²) in [5.74, 6) is -1.97. The van der Waals surface area contributed by atoms with Crippen LogP contribution in [0.4, 0.5) is 4.79 Å². The molecule has 4 aliphatic rings. The Balaban J connectivity index is 1.69. The van der Waals surface area contributed by atoms with Gasteiger partial charge in [-0.25, -0.2) is 4.79 Å². The number of β-lactam (4-membered cyclic amide) rings is 1. The molecule has 4 fully saturated rings. The number of hydrogen-bond donors (Lipinski definition) is 2. The standard InChI is InChI=1S/C19H29N3O6S/c1-19(2)15(17(26)27)22-13(24)10-14(22)29(19,11-23)18(28)21-9-5-6-12(21)16(25)20-7-3-4-8-20/h12,14-15,23H,3-11H2,1-2H3,(H,26,27)/t12-,14+,15-/m0/s1. The minimum absolute atomic E-state index is 0.0482. The van der Waals surface area contributed by atoms with Crippen LogP contribution in [0.2, 0.25) is 0 Å². The zero-order valence-electron chi connectivity index (χ0n) is 16.9. The molecule has 4 atom stereocenters. The molecule has 4 saturated heterocycles. The summed E-state index contributed by atoms with van der Waals surface area (Å²) in [4.78, 5) is 55.8. The fraction of sp³-hybridized carbons (Fsp3) is 0.789. The van der Waals surface area contributed by atoms with E-state index in [1.54, 1.807) is 23.6 Å². The molecule has 9 nitrogen and oxygen atoms in total. The molecule has 29 heavy (non-hydrogen) atoms. The van der Waals surface area contributed by atoms with Crippen LogP contribution in [-0.4, -0.2) is 95.7 Å². The number of hydrogen-bond acceptors (Lipinski definition) is 5. The Morgan fingerprint density at radius 2 is 1.79 bits per heavy atom. The zero-order valence-corrected chi connectivity index (χ0v) is 17.7. The molecule has 2 N–H and O–H groups in total. The smallest absolute Gasteiger partial charge is 0.327 e. The molecule has 4 rings (SSSR count). The summed E-state index contributed by atoms with van der Waals surface area (Å²) < 4.78 is -1.09. The quantitative estimate of drug-likeness (QED) is 0.642. The lowest BCUT2D eigenvalue weighted by molar-refractivity contribution is -0.157. The third-order valence-electron chi connectivity index (χ3n) is 7.23. The van der Waals surface area contributed by atoms with E-state index < -0.39 is 44.1 Å². The third-order valence-corrected chi connectivity index (χ3v) is 11.9. The summed E-state index contributed by atoms with van der Waals surface area (Å²) in [5.41, 5.74) is 0. The summed E-state index contributed by atoms with van der Waals surface area (Å²) in [6, 6.07) is -1.70. The fourth-order valence-electron chi connectivity index (χ4n) is 5.60. The van der Waals surface area contributed by atoms with Gasteiger partial charge in [0.25, 0.3) is 5.24 Å². The van der Waals surface area contributed by atoms with E-state index in [2.05, 4.69) is 0 Å². The maximum Gasteiger partial charge on any atom is 0.327 e. The molecule has 3 amide bonds. The predicted octanol–water partition coefficient (Wildman–Crippen LogP) is 0.751. The van der Waals surface area contributed by atoms with Crippen LogP contribution in [0.1, 0.15) is 46.0 Å². The minimum Gasteiger partial charge on any atom is -0.480 e. The molecule has 0 radical (unpaired) electrons. The van der Waals surface area contributed by atoms with E-state index >= 15 is 0 Å². The van der Waals surface area contributed by atoms with Crippen LogP contribution < -0.4 is 0 Å². The van der Waals surface area contributed by atoms with Crippen LogP contribution in [0, 0.1) is 0 Å². The van der Waals surface area contributed by atoms with Crippen molar-refractivity contribution in [3.63, 3.8) is 0 Å². The van der Waals surface area contributed by atoms with Crippen molar-refractivity contribution in [2.45, 2.75) is 68.2 Å². The Kier molecular flexibility index (Phi) is 4.85. The lowest BCUT2D eigenvalue weighted by Gasteiger charge is -2.51. The first-order valence-electron chi connectivity index (χ1n) is 10.2. The lowest BCUT2D eigenvalue weighted by atomic mass is 9.98. The molecule has 4 heterocycles. The van der Waals surface area contributed by atoms with Crippen LogP contribution in [0.3, 0.4) is 0 Å². The van der Waals surface area contributed by atoms with Crippen molar-refractivity contribution in [2.75, 3.05) is 25.6 Å². The number of nitrogens with zero attached hydrogens (tertiary/aromatic N) is 3. The highest BCUT2D eigenvalue weighted by Crippen LogP contribution is 2.74. The Morgan fingerprint density at radius 3 is 2.31 bits per heavy atom. The molecule has 0 aromatic rings. The van der Waals surface area contributed by atoms with Gasteiger partial charge in [-0.15, -0.1) is 10.0 Å². The Labute approximate surface area is 171 Å². The molecule has 4 aliphatic heterocycles. The summed E-state index contributed by atoms with van der Waals surface area (Å²) >= 11 is 0. The van der Waals surface area contributed by atoms with E-state index in [4.69, 9.17) is 0 Å². The lowest BCUT2D eigenvalue weighted by Crippen LogP contribution is -2.57. The van der Waals surface area contributed by atoms with Gasteiger partial charge in [0.1, 0.15) is 12.1 Å². The zero-order chi connectivity index (χ0) is 21.1. The van der Waals surface area contributed by atoms with Gasteiger partial charge in [-0.3, -0.25) is 14.4 Å². The monoisotopic (exact) mass is 427 g/mol. The second kappa shape index (κ2) is 6.87. The van der Waals surface area contributed by atoms with Gasteiger partial charge in [-0.05, 0) is 39.5 Å².